The molecule has 1 aromatic carbocycles. The lowest BCUT2D eigenvalue weighted by atomic mass is 10.0. The van der Waals surface area contributed by atoms with Crippen molar-refractivity contribution in [3.8, 4) is 11.3 Å². The highest BCUT2D eigenvalue weighted by molar-refractivity contribution is 6.32. The Morgan fingerprint density at radius 3 is 2.65 bits per heavy atom. The summed E-state index contributed by atoms with van der Waals surface area (Å²) < 4.78 is 0. The molecule has 0 bridgehead atoms. The Balaban J connectivity index is 2.58. The van der Waals surface area contributed by atoms with E-state index in [0.717, 1.165) is 11.1 Å². The number of carboxylic acid groups (broad SMARTS) is 1. The first-order valence-electron chi connectivity index (χ1n) is 4.92. The molecule has 17 heavy (non-hydrogen) atoms. The van der Waals surface area contributed by atoms with Crippen LogP contribution in [0, 0.1) is 6.92 Å². The van der Waals surface area contributed by atoms with Crippen LogP contribution in [-0.4, -0.2) is 21.3 Å². The average Bonchev–Trinajstić information content (AvgIpc) is 2.30. The van der Waals surface area contributed by atoms with E-state index in [0.29, 0.717) is 5.69 Å². The van der Waals surface area contributed by atoms with Crippen LogP contribution in [0.2, 0.25) is 5.15 Å². The van der Waals surface area contributed by atoms with Crippen LogP contribution in [-0.2, 0) is 0 Å². The Kier molecular flexibility index (Phi) is 3.06. The van der Waals surface area contributed by atoms with E-state index in [2.05, 4.69) is 10.2 Å². The van der Waals surface area contributed by atoms with Crippen molar-refractivity contribution in [3.05, 3.63) is 46.6 Å². The molecule has 0 saturated heterocycles. The third-order valence-corrected chi connectivity index (χ3v) is 2.68. The van der Waals surface area contributed by atoms with E-state index in [4.69, 9.17) is 16.7 Å². The number of hydrogen-bond acceptors (Lipinski definition) is 3. The summed E-state index contributed by atoms with van der Waals surface area (Å²) in [5.41, 5.74) is 2.31. The van der Waals surface area contributed by atoms with Gasteiger partial charge in [0.15, 0.2) is 5.15 Å². The monoisotopic (exact) mass is 248 g/mol. The molecule has 0 radical (unpaired) electrons. The molecule has 0 aliphatic heterocycles. The van der Waals surface area contributed by atoms with E-state index >= 15 is 0 Å². The minimum absolute atomic E-state index is 0.0417. The van der Waals surface area contributed by atoms with Crippen molar-refractivity contribution in [2.45, 2.75) is 6.92 Å². The summed E-state index contributed by atoms with van der Waals surface area (Å²) in [6, 6.07) is 8.98. The highest BCUT2D eigenvalue weighted by atomic mass is 35.5. The molecule has 0 unspecified atom stereocenters. The number of halogens is 1. The van der Waals surface area contributed by atoms with Gasteiger partial charge in [-0.15, -0.1) is 10.2 Å². The van der Waals surface area contributed by atoms with Gasteiger partial charge in [-0.2, -0.15) is 0 Å². The second-order valence-electron chi connectivity index (χ2n) is 3.55. The predicted molar refractivity (Wildman–Crippen MR) is 64.2 cm³/mol. The summed E-state index contributed by atoms with van der Waals surface area (Å²) in [5, 5.41) is 16.4. The summed E-state index contributed by atoms with van der Waals surface area (Å²) >= 11 is 5.66. The van der Waals surface area contributed by atoms with Crippen molar-refractivity contribution in [3.63, 3.8) is 0 Å². The Labute approximate surface area is 103 Å². The molecule has 1 aromatic heterocycles. The molecule has 0 aliphatic rings. The number of benzene rings is 1. The molecular formula is C12H9ClN2O2. The molecule has 2 rings (SSSR count). The first-order chi connectivity index (χ1) is 8.09. The van der Waals surface area contributed by atoms with Crippen molar-refractivity contribution >= 4 is 17.6 Å². The van der Waals surface area contributed by atoms with Crippen LogP contribution >= 0.6 is 11.6 Å². The summed E-state index contributed by atoms with van der Waals surface area (Å²) in [6.07, 6.45) is 0. The second-order valence-corrected chi connectivity index (χ2v) is 3.91. The lowest BCUT2D eigenvalue weighted by Gasteiger charge is -2.05. The van der Waals surface area contributed by atoms with Gasteiger partial charge < -0.3 is 5.11 Å². The molecular weight excluding hydrogens is 240 g/mol. The molecule has 0 fully saturated rings. The number of carbonyl (C=O) groups is 1. The molecule has 2 aromatic rings. The van der Waals surface area contributed by atoms with Gasteiger partial charge in [0.25, 0.3) is 0 Å². The van der Waals surface area contributed by atoms with Gasteiger partial charge in [0.05, 0.1) is 5.69 Å². The lowest BCUT2D eigenvalue weighted by molar-refractivity contribution is 0.0696. The summed E-state index contributed by atoms with van der Waals surface area (Å²) in [7, 11) is 0. The minimum atomic E-state index is -1.11. The third kappa shape index (κ3) is 2.26. The Hall–Kier alpha value is -1.94. The molecule has 0 amide bonds. The van der Waals surface area contributed by atoms with Gasteiger partial charge in [-0.05, 0) is 18.6 Å². The van der Waals surface area contributed by atoms with Crippen molar-refractivity contribution in [1.29, 1.82) is 0 Å². The van der Waals surface area contributed by atoms with Crippen molar-refractivity contribution in [1.82, 2.24) is 10.2 Å². The number of aromatic nitrogens is 2. The normalized spacial score (nSPS) is 10.2. The van der Waals surface area contributed by atoms with Gasteiger partial charge in [0.1, 0.15) is 5.56 Å². The zero-order valence-electron chi connectivity index (χ0n) is 9.01. The van der Waals surface area contributed by atoms with E-state index in [1.165, 1.54) is 6.07 Å². The molecule has 1 heterocycles. The molecule has 0 spiro atoms. The van der Waals surface area contributed by atoms with Crippen LogP contribution in [0.1, 0.15) is 15.9 Å². The van der Waals surface area contributed by atoms with Gasteiger partial charge in [0, 0.05) is 5.56 Å². The molecule has 4 nitrogen and oxygen atoms in total. The standard InChI is InChI=1S/C12H9ClN2O2/c1-7-4-2-3-5-8(7)10-6-9(12(16)17)11(13)15-14-10/h2-6H,1H3,(H,16,17). The lowest BCUT2D eigenvalue weighted by Crippen LogP contribution is -2.02. The molecule has 1 N–H and O–H groups in total. The Morgan fingerprint density at radius 1 is 1.29 bits per heavy atom. The summed E-state index contributed by atoms with van der Waals surface area (Å²) in [6.45, 7) is 1.92. The van der Waals surface area contributed by atoms with Crippen LogP contribution in [0.15, 0.2) is 30.3 Å². The van der Waals surface area contributed by atoms with E-state index in [-0.39, 0.29) is 10.7 Å². The number of aryl methyl sites for hydroxylation is 1. The number of rotatable bonds is 2. The quantitative estimate of drug-likeness (QED) is 0.888. The average molecular weight is 249 g/mol. The number of aromatic carboxylic acids is 1. The fourth-order valence-electron chi connectivity index (χ4n) is 1.52. The van der Waals surface area contributed by atoms with Crippen molar-refractivity contribution in [2.75, 3.05) is 0 Å². The van der Waals surface area contributed by atoms with E-state index < -0.39 is 5.97 Å². The smallest absolute Gasteiger partial charge is 0.338 e. The number of nitrogens with zero attached hydrogens (tertiary/aromatic N) is 2. The maximum atomic E-state index is 10.9. The second kappa shape index (κ2) is 4.51. The highest BCUT2D eigenvalue weighted by Crippen LogP contribution is 2.23. The van der Waals surface area contributed by atoms with Crippen LogP contribution in [0.25, 0.3) is 11.3 Å². The SMILES string of the molecule is Cc1ccccc1-c1cc(C(=O)O)c(Cl)nn1. The Morgan fingerprint density at radius 2 is 2.00 bits per heavy atom. The molecule has 5 heteroatoms. The molecule has 86 valence electrons. The van der Waals surface area contributed by atoms with Crippen LogP contribution in [0.4, 0.5) is 0 Å². The summed E-state index contributed by atoms with van der Waals surface area (Å²) in [5.74, 6) is -1.11. The zero-order chi connectivity index (χ0) is 12.4. The largest absolute Gasteiger partial charge is 0.478 e. The van der Waals surface area contributed by atoms with Crippen LogP contribution < -0.4 is 0 Å². The van der Waals surface area contributed by atoms with Gasteiger partial charge >= 0.3 is 5.97 Å². The fraction of sp³-hybridized carbons (Fsp3) is 0.0833. The van der Waals surface area contributed by atoms with Gasteiger partial charge in [-0.3, -0.25) is 0 Å². The van der Waals surface area contributed by atoms with Crippen LogP contribution in [0.5, 0.6) is 0 Å². The Bertz CT molecular complexity index is 584. The first-order valence-corrected chi connectivity index (χ1v) is 5.30. The topological polar surface area (TPSA) is 63.1 Å². The van der Waals surface area contributed by atoms with Crippen LogP contribution in [0.3, 0.4) is 0 Å². The summed E-state index contributed by atoms with van der Waals surface area (Å²) in [4.78, 5) is 10.9. The zero-order valence-corrected chi connectivity index (χ0v) is 9.77. The van der Waals surface area contributed by atoms with Gasteiger partial charge in [-0.1, -0.05) is 35.9 Å². The number of carboxylic acids is 1. The minimum Gasteiger partial charge on any atom is -0.478 e. The third-order valence-electron chi connectivity index (χ3n) is 2.40. The van der Waals surface area contributed by atoms with Crippen molar-refractivity contribution < 1.29 is 9.90 Å². The fourth-order valence-corrected chi connectivity index (χ4v) is 1.69. The van der Waals surface area contributed by atoms with E-state index in [1.807, 2.05) is 31.2 Å². The first kappa shape index (κ1) is 11.5. The number of hydrogen-bond donors (Lipinski definition) is 1. The maximum absolute atomic E-state index is 10.9. The van der Waals surface area contributed by atoms with E-state index in [9.17, 15) is 4.79 Å². The highest BCUT2D eigenvalue weighted by Gasteiger charge is 2.13. The van der Waals surface area contributed by atoms with Gasteiger partial charge in [-0.25, -0.2) is 4.79 Å². The predicted octanol–water partition coefficient (Wildman–Crippen LogP) is 2.80. The molecule has 0 atom stereocenters. The van der Waals surface area contributed by atoms with E-state index in [1.54, 1.807) is 0 Å². The maximum Gasteiger partial charge on any atom is 0.338 e. The van der Waals surface area contributed by atoms with Gasteiger partial charge in [0.2, 0.25) is 0 Å². The van der Waals surface area contributed by atoms with Crippen molar-refractivity contribution in [2.24, 2.45) is 0 Å². The molecule has 0 saturated carbocycles. The molecule has 0 aliphatic carbocycles.